The van der Waals surface area contributed by atoms with Gasteiger partial charge < -0.3 is 19.0 Å². The van der Waals surface area contributed by atoms with Crippen molar-refractivity contribution < 1.29 is 13.3 Å². The van der Waals surface area contributed by atoms with Crippen LogP contribution in [0.5, 0.6) is 0 Å². The predicted octanol–water partition coefficient (Wildman–Crippen LogP) is 0.986. The SMILES string of the molecule is CO[Si](CCCN)(OC)OCn1nc2ccccc2n1. The van der Waals surface area contributed by atoms with Crippen LogP contribution in [-0.4, -0.2) is 44.6 Å². The summed E-state index contributed by atoms with van der Waals surface area (Å²) in [6, 6.07) is 8.34. The highest BCUT2D eigenvalue weighted by atomic mass is 28.4. The third kappa shape index (κ3) is 3.41. The van der Waals surface area contributed by atoms with Crippen LogP contribution in [0.25, 0.3) is 11.0 Å². The lowest BCUT2D eigenvalue weighted by molar-refractivity contribution is 0.0584. The molecule has 110 valence electrons. The minimum Gasteiger partial charge on any atom is -0.377 e. The first kappa shape index (κ1) is 15.1. The molecule has 2 rings (SSSR count). The van der Waals surface area contributed by atoms with Crippen LogP contribution in [0.3, 0.4) is 0 Å². The van der Waals surface area contributed by atoms with Gasteiger partial charge in [0, 0.05) is 20.3 Å². The number of nitrogens with zero attached hydrogens (tertiary/aromatic N) is 3. The molecule has 0 atom stereocenters. The van der Waals surface area contributed by atoms with Crippen LogP contribution in [0.1, 0.15) is 6.42 Å². The van der Waals surface area contributed by atoms with Crippen LogP contribution in [0.2, 0.25) is 6.04 Å². The third-order valence-electron chi connectivity index (χ3n) is 3.04. The lowest BCUT2D eigenvalue weighted by Gasteiger charge is -2.25. The summed E-state index contributed by atoms with van der Waals surface area (Å²) in [5.74, 6) is 0. The quantitative estimate of drug-likeness (QED) is 0.731. The number of rotatable bonds is 8. The molecule has 8 heteroatoms. The standard InChI is InChI=1S/C12H20N4O3Si/c1-17-20(18-2,9-5-8-13)19-10-16-14-11-6-3-4-7-12(11)15-16/h3-4,6-7H,5,8-10,13H2,1-2H3. The topological polar surface area (TPSA) is 84.4 Å². The molecule has 0 saturated heterocycles. The van der Waals surface area contributed by atoms with E-state index >= 15 is 0 Å². The summed E-state index contributed by atoms with van der Waals surface area (Å²) < 4.78 is 16.7. The van der Waals surface area contributed by atoms with E-state index in [4.69, 9.17) is 19.0 Å². The van der Waals surface area contributed by atoms with Crippen molar-refractivity contribution >= 4 is 19.8 Å². The Kier molecular flexibility index (Phi) is 5.21. The Morgan fingerprint density at radius 2 is 1.75 bits per heavy atom. The van der Waals surface area contributed by atoms with Crippen molar-refractivity contribution in [3.05, 3.63) is 24.3 Å². The minimum absolute atomic E-state index is 0.202. The van der Waals surface area contributed by atoms with Gasteiger partial charge in [-0.3, -0.25) is 0 Å². The molecule has 0 saturated carbocycles. The number of benzene rings is 1. The Bertz CT molecular complexity index is 511. The highest BCUT2D eigenvalue weighted by molar-refractivity contribution is 6.60. The van der Waals surface area contributed by atoms with Gasteiger partial charge in [-0.25, -0.2) is 0 Å². The normalized spacial score (nSPS) is 12.2. The van der Waals surface area contributed by atoms with E-state index in [0.29, 0.717) is 12.6 Å². The summed E-state index contributed by atoms with van der Waals surface area (Å²) >= 11 is 0. The van der Waals surface area contributed by atoms with Gasteiger partial charge >= 0.3 is 8.80 Å². The number of nitrogens with two attached hydrogens (primary N) is 1. The average Bonchev–Trinajstić information content (AvgIpc) is 2.91. The fourth-order valence-corrected chi connectivity index (χ4v) is 3.82. The number of aromatic nitrogens is 3. The van der Waals surface area contributed by atoms with Gasteiger partial charge in [-0.2, -0.15) is 15.0 Å². The monoisotopic (exact) mass is 296 g/mol. The Balaban J connectivity index is 2.04. The molecule has 20 heavy (non-hydrogen) atoms. The van der Waals surface area contributed by atoms with Crippen LogP contribution in [0, 0.1) is 0 Å². The van der Waals surface area contributed by atoms with Crippen LogP contribution >= 0.6 is 0 Å². The molecule has 0 radical (unpaired) electrons. The second kappa shape index (κ2) is 6.91. The van der Waals surface area contributed by atoms with E-state index < -0.39 is 8.80 Å². The highest BCUT2D eigenvalue weighted by Gasteiger charge is 2.38. The summed E-state index contributed by atoms with van der Waals surface area (Å²) in [6.45, 7) is 0.780. The summed E-state index contributed by atoms with van der Waals surface area (Å²) in [6.07, 6.45) is 0.794. The molecule has 1 heterocycles. The van der Waals surface area contributed by atoms with Crippen LogP contribution < -0.4 is 5.73 Å². The Morgan fingerprint density at radius 3 is 2.25 bits per heavy atom. The summed E-state index contributed by atoms with van der Waals surface area (Å²) in [5, 5.41) is 8.66. The van der Waals surface area contributed by atoms with E-state index in [-0.39, 0.29) is 6.73 Å². The van der Waals surface area contributed by atoms with Crippen molar-refractivity contribution in [1.82, 2.24) is 15.0 Å². The van der Waals surface area contributed by atoms with Crippen LogP contribution in [0.4, 0.5) is 0 Å². The first-order chi connectivity index (χ1) is 9.73. The molecule has 0 amide bonds. The zero-order valence-electron chi connectivity index (χ0n) is 11.8. The lowest BCUT2D eigenvalue weighted by Crippen LogP contribution is -2.44. The van der Waals surface area contributed by atoms with Gasteiger partial charge in [-0.05, 0) is 25.1 Å². The lowest BCUT2D eigenvalue weighted by atomic mass is 10.3. The number of fused-ring (bicyclic) bond motifs is 1. The highest BCUT2D eigenvalue weighted by Crippen LogP contribution is 2.16. The molecule has 0 spiro atoms. The molecular formula is C12H20N4O3Si. The molecule has 0 unspecified atom stereocenters. The number of hydrogen-bond acceptors (Lipinski definition) is 6. The first-order valence-corrected chi connectivity index (χ1v) is 8.40. The second-order valence-electron chi connectivity index (χ2n) is 4.32. The van der Waals surface area contributed by atoms with E-state index in [1.165, 1.54) is 4.80 Å². The van der Waals surface area contributed by atoms with Gasteiger partial charge in [-0.1, -0.05) is 12.1 Å². The molecule has 1 aromatic carbocycles. The molecule has 2 aromatic rings. The van der Waals surface area contributed by atoms with E-state index in [1.807, 2.05) is 24.3 Å². The zero-order valence-corrected chi connectivity index (χ0v) is 12.8. The molecular weight excluding hydrogens is 276 g/mol. The Morgan fingerprint density at radius 1 is 1.15 bits per heavy atom. The molecule has 7 nitrogen and oxygen atoms in total. The maximum absolute atomic E-state index is 5.82. The van der Waals surface area contributed by atoms with Gasteiger partial charge in [-0.15, -0.1) is 0 Å². The molecule has 0 aliphatic carbocycles. The molecule has 0 bridgehead atoms. The minimum atomic E-state index is -2.68. The maximum atomic E-state index is 5.82. The Hall–Kier alpha value is -1.32. The van der Waals surface area contributed by atoms with Crippen molar-refractivity contribution in [3.63, 3.8) is 0 Å². The van der Waals surface area contributed by atoms with Gasteiger partial charge in [0.15, 0.2) is 6.73 Å². The molecule has 0 aliphatic rings. The van der Waals surface area contributed by atoms with Crippen molar-refractivity contribution in [1.29, 1.82) is 0 Å². The smallest absolute Gasteiger partial charge is 0.377 e. The van der Waals surface area contributed by atoms with Gasteiger partial charge in [0.2, 0.25) is 0 Å². The van der Waals surface area contributed by atoms with E-state index in [1.54, 1.807) is 14.2 Å². The van der Waals surface area contributed by atoms with Gasteiger partial charge in [0.25, 0.3) is 0 Å². The van der Waals surface area contributed by atoms with Crippen molar-refractivity contribution in [2.75, 3.05) is 20.8 Å². The summed E-state index contributed by atoms with van der Waals surface area (Å²) in [5.41, 5.74) is 7.20. The summed E-state index contributed by atoms with van der Waals surface area (Å²) in [4.78, 5) is 1.51. The molecule has 2 N–H and O–H groups in total. The largest absolute Gasteiger partial charge is 0.501 e. The summed E-state index contributed by atoms with van der Waals surface area (Å²) in [7, 11) is 0.516. The third-order valence-corrected chi connectivity index (χ3v) is 5.82. The zero-order chi connectivity index (χ0) is 14.4. The fourth-order valence-electron chi connectivity index (χ4n) is 1.91. The van der Waals surface area contributed by atoms with Gasteiger partial charge in [0.1, 0.15) is 11.0 Å². The molecule has 0 fully saturated rings. The predicted molar refractivity (Wildman–Crippen MR) is 76.9 cm³/mol. The van der Waals surface area contributed by atoms with Crippen LogP contribution in [0.15, 0.2) is 24.3 Å². The van der Waals surface area contributed by atoms with E-state index in [9.17, 15) is 0 Å². The Labute approximate surface area is 119 Å². The van der Waals surface area contributed by atoms with Gasteiger partial charge in [0.05, 0.1) is 0 Å². The van der Waals surface area contributed by atoms with E-state index in [0.717, 1.165) is 17.5 Å². The van der Waals surface area contributed by atoms with Crippen molar-refractivity contribution in [2.45, 2.75) is 19.2 Å². The molecule has 0 aliphatic heterocycles. The second-order valence-corrected chi connectivity index (χ2v) is 7.29. The average molecular weight is 296 g/mol. The maximum Gasteiger partial charge on any atom is 0.501 e. The van der Waals surface area contributed by atoms with Crippen LogP contribution in [-0.2, 0) is 20.0 Å². The van der Waals surface area contributed by atoms with E-state index in [2.05, 4.69) is 10.2 Å². The number of hydrogen-bond donors (Lipinski definition) is 1. The fraction of sp³-hybridized carbons (Fsp3) is 0.500. The van der Waals surface area contributed by atoms with Crippen molar-refractivity contribution in [3.8, 4) is 0 Å². The van der Waals surface area contributed by atoms with Crippen molar-refractivity contribution in [2.24, 2.45) is 5.73 Å². The first-order valence-electron chi connectivity index (χ1n) is 6.47. The molecule has 1 aromatic heterocycles.